The molecular formula is C11H12N2O2. The van der Waals surface area contributed by atoms with Crippen LogP contribution in [-0.4, -0.2) is 12.3 Å². The average Bonchev–Trinajstić information content (AvgIpc) is 2.60. The van der Waals surface area contributed by atoms with Crippen LogP contribution < -0.4 is 10.5 Å². The summed E-state index contributed by atoms with van der Waals surface area (Å²) in [7, 11) is 1.63. The zero-order valence-electron chi connectivity index (χ0n) is 8.65. The number of anilines is 1. The van der Waals surface area contributed by atoms with Gasteiger partial charge in [-0.15, -0.1) is 0 Å². The Morgan fingerprint density at radius 3 is 2.40 bits per heavy atom. The van der Waals surface area contributed by atoms with Gasteiger partial charge >= 0.3 is 0 Å². The largest absolute Gasteiger partial charge is 0.497 e. The summed E-state index contributed by atoms with van der Waals surface area (Å²) in [5.74, 6) is 1.17. The number of hydrogen-bond donors (Lipinski definition) is 1. The smallest absolute Gasteiger partial charge is 0.225 e. The Hall–Kier alpha value is -1.97. The van der Waals surface area contributed by atoms with Crippen molar-refractivity contribution in [2.45, 2.75) is 6.92 Å². The molecule has 0 radical (unpaired) electrons. The standard InChI is InChI=1S/C11H12N2O2/c1-7-10(13-15-11(7)12)8-3-5-9(14-2)6-4-8/h3-6H,12H2,1-2H3. The molecule has 1 aromatic carbocycles. The van der Waals surface area contributed by atoms with Gasteiger partial charge in [-0.1, -0.05) is 5.16 Å². The van der Waals surface area contributed by atoms with Crippen LogP contribution >= 0.6 is 0 Å². The summed E-state index contributed by atoms with van der Waals surface area (Å²) in [6.07, 6.45) is 0. The molecule has 15 heavy (non-hydrogen) atoms. The minimum absolute atomic E-state index is 0.362. The summed E-state index contributed by atoms with van der Waals surface area (Å²) in [6.45, 7) is 1.88. The van der Waals surface area contributed by atoms with Crippen LogP contribution in [0.2, 0.25) is 0 Å². The van der Waals surface area contributed by atoms with Gasteiger partial charge in [0.2, 0.25) is 5.88 Å². The quantitative estimate of drug-likeness (QED) is 0.814. The molecule has 0 amide bonds. The minimum atomic E-state index is 0.362. The van der Waals surface area contributed by atoms with E-state index in [1.165, 1.54) is 0 Å². The molecule has 0 aliphatic rings. The van der Waals surface area contributed by atoms with E-state index in [1.54, 1.807) is 7.11 Å². The number of rotatable bonds is 2. The molecule has 0 fully saturated rings. The Kier molecular flexibility index (Phi) is 2.33. The molecule has 2 N–H and O–H groups in total. The van der Waals surface area contributed by atoms with Gasteiger partial charge in [0.25, 0.3) is 0 Å². The first-order valence-electron chi connectivity index (χ1n) is 4.58. The average molecular weight is 204 g/mol. The first-order valence-corrected chi connectivity index (χ1v) is 4.58. The number of aromatic nitrogens is 1. The summed E-state index contributed by atoms with van der Waals surface area (Å²) in [6, 6.07) is 7.59. The van der Waals surface area contributed by atoms with E-state index < -0.39 is 0 Å². The lowest BCUT2D eigenvalue weighted by molar-refractivity contribution is 0.415. The number of hydrogen-bond acceptors (Lipinski definition) is 4. The van der Waals surface area contributed by atoms with Crippen molar-refractivity contribution in [1.29, 1.82) is 0 Å². The van der Waals surface area contributed by atoms with Crippen LogP contribution in [0.4, 0.5) is 5.88 Å². The van der Waals surface area contributed by atoms with Crippen molar-refractivity contribution in [2.75, 3.05) is 12.8 Å². The van der Waals surface area contributed by atoms with E-state index in [2.05, 4.69) is 5.16 Å². The van der Waals surface area contributed by atoms with Gasteiger partial charge < -0.3 is 15.0 Å². The number of ether oxygens (including phenoxy) is 1. The maximum Gasteiger partial charge on any atom is 0.225 e. The summed E-state index contributed by atoms with van der Waals surface area (Å²) in [5, 5.41) is 3.90. The van der Waals surface area contributed by atoms with Gasteiger partial charge in [-0.2, -0.15) is 0 Å². The lowest BCUT2D eigenvalue weighted by Crippen LogP contribution is -1.86. The van der Waals surface area contributed by atoms with Crippen molar-refractivity contribution in [3.05, 3.63) is 29.8 Å². The Bertz CT molecular complexity index is 460. The van der Waals surface area contributed by atoms with Crippen molar-refractivity contribution in [3.63, 3.8) is 0 Å². The van der Waals surface area contributed by atoms with Gasteiger partial charge in [0.1, 0.15) is 11.4 Å². The van der Waals surface area contributed by atoms with Crippen LogP contribution in [0.25, 0.3) is 11.3 Å². The predicted octanol–water partition coefficient (Wildman–Crippen LogP) is 2.24. The molecular weight excluding hydrogens is 192 g/mol. The Balaban J connectivity index is 2.41. The molecule has 0 bridgehead atoms. The van der Waals surface area contributed by atoms with Crippen LogP contribution in [-0.2, 0) is 0 Å². The topological polar surface area (TPSA) is 61.3 Å². The number of nitrogens with two attached hydrogens (primary N) is 1. The second-order valence-electron chi connectivity index (χ2n) is 3.25. The van der Waals surface area contributed by atoms with Crippen molar-refractivity contribution >= 4 is 5.88 Å². The molecule has 2 aromatic rings. The molecule has 0 saturated heterocycles. The lowest BCUT2D eigenvalue weighted by atomic mass is 10.1. The van der Waals surface area contributed by atoms with Crippen molar-refractivity contribution in [1.82, 2.24) is 5.16 Å². The summed E-state index contributed by atoms with van der Waals surface area (Å²) >= 11 is 0. The summed E-state index contributed by atoms with van der Waals surface area (Å²) in [5.41, 5.74) is 8.18. The van der Waals surface area contributed by atoms with Crippen molar-refractivity contribution < 1.29 is 9.26 Å². The fourth-order valence-corrected chi connectivity index (χ4v) is 1.37. The number of methoxy groups -OCH3 is 1. The van der Waals surface area contributed by atoms with E-state index in [0.29, 0.717) is 5.88 Å². The van der Waals surface area contributed by atoms with E-state index in [-0.39, 0.29) is 0 Å². The van der Waals surface area contributed by atoms with Crippen LogP contribution in [0.15, 0.2) is 28.8 Å². The van der Waals surface area contributed by atoms with E-state index in [0.717, 1.165) is 22.6 Å². The zero-order chi connectivity index (χ0) is 10.8. The fourth-order valence-electron chi connectivity index (χ4n) is 1.37. The van der Waals surface area contributed by atoms with Gasteiger partial charge in [-0.3, -0.25) is 0 Å². The Morgan fingerprint density at radius 2 is 1.93 bits per heavy atom. The zero-order valence-corrected chi connectivity index (χ0v) is 8.65. The van der Waals surface area contributed by atoms with Crippen molar-refractivity contribution in [2.24, 2.45) is 0 Å². The highest BCUT2D eigenvalue weighted by atomic mass is 16.5. The van der Waals surface area contributed by atoms with E-state index in [9.17, 15) is 0 Å². The van der Waals surface area contributed by atoms with Crippen LogP contribution in [0.5, 0.6) is 5.75 Å². The maximum absolute atomic E-state index is 5.58. The monoisotopic (exact) mass is 204 g/mol. The first kappa shape index (κ1) is 9.58. The second kappa shape index (κ2) is 3.65. The molecule has 0 spiro atoms. The van der Waals surface area contributed by atoms with E-state index in [4.69, 9.17) is 15.0 Å². The highest BCUT2D eigenvalue weighted by molar-refractivity contribution is 5.66. The molecule has 78 valence electrons. The van der Waals surface area contributed by atoms with Gasteiger partial charge in [0.05, 0.1) is 7.11 Å². The SMILES string of the molecule is COc1ccc(-c2noc(N)c2C)cc1. The van der Waals surface area contributed by atoms with E-state index in [1.807, 2.05) is 31.2 Å². The molecule has 0 atom stereocenters. The molecule has 0 aliphatic heterocycles. The number of nitrogen functional groups attached to an aromatic ring is 1. The predicted molar refractivity (Wildman–Crippen MR) is 57.6 cm³/mol. The van der Waals surface area contributed by atoms with Crippen LogP contribution in [0.3, 0.4) is 0 Å². The minimum Gasteiger partial charge on any atom is -0.497 e. The third kappa shape index (κ3) is 1.66. The van der Waals surface area contributed by atoms with Crippen LogP contribution in [0.1, 0.15) is 5.56 Å². The Labute approximate surface area is 87.6 Å². The lowest BCUT2D eigenvalue weighted by Gasteiger charge is -2.00. The third-order valence-electron chi connectivity index (χ3n) is 2.32. The highest BCUT2D eigenvalue weighted by Crippen LogP contribution is 2.27. The second-order valence-corrected chi connectivity index (χ2v) is 3.25. The first-order chi connectivity index (χ1) is 7.22. The van der Waals surface area contributed by atoms with Gasteiger partial charge in [0, 0.05) is 11.1 Å². The highest BCUT2D eigenvalue weighted by Gasteiger charge is 2.10. The summed E-state index contributed by atoms with van der Waals surface area (Å²) < 4.78 is 9.97. The molecule has 0 aliphatic carbocycles. The molecule has 4 nitrogen and oxygen atoms in total. The molecule has 0 unspecified atom stereocenters. The van der Waals surface area contributed by atoms with Gasteiger partial charge in [-0.25, -0.2) is 0 Å². The summed E-state index contributed by atoms with van der Waals surface area (Å²) in [4.78, 5) is 0. The van der Waals surface area contributed by atoms with Crippen LogP contribution in [0, 0.1) is 6.92 Å². The van der Waals surface area contributed by atoms with E-state index >= 15 is 0 Å². The number of benzene rings is 1. The normalized spacial score (nSPS) is 10.3. The molecule has 2 rings (SSSR count). The number of nitrogens with zero attached hydrogens (tertiary/aromatic N) is 1. The molecule has 0 saturated carbocycles. The molecule has 1 aromatic heterocycles. The Morgan fingerprint density at radius 1 is 1.27 bits per heavy atom. The fraction of sp³-hybridized carbons (Fsp3) is 0.182. The third-order valence-corrected chi connectivity index (χ3v) is 2.32. The maximum atomic E-state index is 5.58. The molecule has 1 heterocycles. The van der Waals surface area contributed by atoms with Gasteiger partial charge in [-0.05, 0) is 31.2 Å². The van der Waals surface area contributed by atoms with Gasteiger partial charge in [0.15, 0.2) is 0 Å². The van der Waals surface area contributed by atoms with Crippen molar-refractivity contribution in [3.8, 4) is 17.0 Å². The molecule has 4 heteroatoms.